The third-order valence-electron chi connectivity index (χ3n) is 5.82. The van der Waals surface area contributed by atoms with Crippen molar-refractivity contribution in [3.05, 3.63) is 103 Å². The summed E-state index contributed by atoms with van der Waals surface area (Å²) in [4.78, 5) is 57.7. The first-order valence-corrected chi connectivity index (χ1v) is 11.9. The van der Waals surface area contributed by atoms with Crippen LogP contribution in [0, 0.1) is 5.92 Å². The number of H-pyrrole nitrogens is 1. The van der Waals surface area contributed by atoms with Crippen LogP contribution in [-0.4, -0.2) is 25.0 Å². The van der Waals surface area contributed by atoms with Gasteiger partial charge in [0.15, 0.2) is 5.65 Å². The Morgan fingerprint density at radius 3 is 2.39 bits per heavy atom. The lowest BCUT2D eigenvalue weighted by Crippen LogP contribution is -2.33. The van der Waals surface area contributed by atoms with Gasteiger partial charge in [0, 0.05) is 30.2 Å². The van der Waals surface area contributed by atoms with Gasteiger partial charge in [-0.2, -0.15) is 0 Å². The van der Waals surface area contributed by atoms with Gasteiger partial charge in [0.1, 0.15) is 0 Å². The van der Waals surface area contributed by atoms with E-state index in [4.69, 9.17) is 0 Å². The topological polar surface area (TPSA) is 119 Å². The average Bonchev–Trinajstić information content (AvgIpc) is 2.83. The molecule has 1 amide bonds. The predicted molar refractivity (Wildman–Crippen MR) is 140 cm³/mol. The molecule has 0 fully saturated rings. The number of aromatic nitrogens is 4. The summed E-state index contributed by atoms with van der Waals surface area (Å²) in [5.74, 6) is -0.371. The number of carbonyl (C=O) groups excluding carboxylic acids is 1. The monoisotopic (exact) mass is 487 g/mol. The number of aromatic amines is 1. The third-order valence-corrected chi connectivity index (χ3v) is 5.82. The van der Waals surface area contributed by atoms with E-state index in [1.807, 2.05) is 39.8 Å². The molecule has 0 radical (unpaired) electrons. The number of nitrogens with one attached hydrogen (secondary N) is 2. The van der Waals surface area contributed by atoms with E-state index in [-0.39, 0.29) is 34.0 Å². The molecule has 3 aromatic heterocycles. The first-order valence-electron chi connectivity index (χ1n) is 11.9. The molecule has 4 aromatic rings. The fourth-order valence-electron chi connectivity index (χ4n) is 3.98. The number of carbonyl (C=O) groups is 1. The summed E-state index contributed by atoms with van der Waals surface area (Å²) >= 11 is 0. The highest BCUT2D eigenvalue weighted by molar-refractivity contribution is 6.11. The zero-order valence-corrected chi connectivity index (χ0v) is 20.7. The van der Waals surface area contributed by atoms with Gasteiger partial charge in [-0.3, -0.25) is 23.9 Å². The van der Waals surface area contributed by atoms with Crippen LogP contribution in [0.25, 0.3) is 11.0 Å². The Bertz CT molecular complexity index is 1590. The first-order chi connectivity index (χ1) is 17.1. The van der Waals surface area contributed by atoms with Gasteiger partial charge in [-0.25, -0.2) is 9.78 Å². The Kier molecular flexibility index (Phi) is 7.00. The van der Waals surface area contributed by atoms with Gasteiger partial charge in [-0.1, -0.05) is 45.9 Å². The van der Waals surface area contributed by atoms with E-state index in [1.54, 1.807) is 41.1 Å². The minimum Gasteiger partial charge on any atom is -0.322 e. The molecule has 0 saturated carbocycles. The highest BCUT2D eigenvalue weighted by Gasteiger charge is 2.21. The second kappa shape index (κ2) is 10.2. The number of fused-ring (bicyclic) bond motifs is 1. The van der Waals surface area contributed by atoms with Crippen molar-refractivity contribution in [1.82, 2.24) is 19.1 Å². The number of anilines is 1. The molecule has 0 aliphatic heterocycles. The smallest absolute Gasteiger partial charge is 0.322 e. The van der Waals surface area contributed by atoms with E-state index in [0.29, 0.717) is 24.5 Å². The molecule has 1 aromatic carbocycles. The Balaban J connectivity index is 1.71. The first kappa shape index (κ1) is 24.8. The van der Waals surface area contributed by atoms with E-state index < -0.39 is 17.2 Å². The molecule has 3 heterocycles. The third kappa shape index (κ3) is 5.19. The Hall–Kier alpha value is -4.27. The molecule has 9 heteroatoms. The maximum Gasteiger partial charge on any atom is 0.330 e. The Morgan fingerprint density at radius 1 is 1.03 bits per heavy atom. The number of rotatable bonds is 7. The average molecular weight is 488 g/mol. The van der Waals surface area contributed by atoms with Crippen LogP contribution < -0.4 is 22.1 Å². The van der Waals surface area contributed by atoms with Crippen molar-refractivity contribution in [2.24, 2.45) is 5.92 Å². The van der Waals surface area contributed by atoms with E-state index in [2.05, 4.69) is 15.3 Å². The van der Waals surface area contributed by atoms with Gasteiger partial charge in [0.2, 0.25) is 0 Å². The summed E-state index contributed by atoms with van der Waals surface area (Å²) in [6.45, 7) is 8.55. The number of amides is 1. The molecular weight excluding hydrogens is 458 g/mol. The van der Waals surface area contributed by atoms with Crippen molar-refractivity contribution in [3.8, 4) is 0 Å². The second-order valence-electron chi connectivity index (χ2n) is 9.53. The summed E-state index contributed by atoms with van der Waals surface area (Å²) in [5, 5.41) is 2.93. The van der Waals surface area contributed by atoms with E-state index in [1.165, 1.54) is 10.6 Å². The molecule has 0 aliphatic rings. The molecule has 0 bridgehead atoms. The Labute approximate surface area is 207 Å². The number of pyridine rings is 2. The van der Waals surface area contributed by atoms with Gasteiger partial charge in [-0.05, 0) is 41.7 Å². The standard InChI is InChI=1S/C27H29N5O4/c1-16(2)14-32-24-23(26(35)30-27(32)36)20(13-21(29-24)17(3)4)25(34)28-19-10-8-18(9-11-19)15-31-12-6-5-7-22(31)33/h5-13,16-17H,14-15H2,1-4H3,(H,28,34)(H,30,35,36). The zero-order chi connectivity index (χ0) is 26.0. The molecule has 0 aliphatic carbocycles. The molecule has 2 N–H and O–H groups in total. The molecule has 0 saturated heterocycles. The van der Waals surface area contributed by atoms with E-state index >= 15 is 0 Å². The highest BCUT2D eigenvalue weighted by atomic mass is 16.2. The highest BCUT2D eigenvalue weighted by Crippen LogP contribution is 2.21. The quantitative estimate of drug-likeness (QED) is 0.415. The van der Waals surface area contributed by atoms with Crippen LogP contribution in [-0.2, 0) is 13.1 Å². The predicted octanol–water partition coefficient (Wildman–Crippen LogP) is 3.33. The summed E-state index contributed by atoms with van der Waals surface area (Å²) in [5.41, 5.74) is 1.11. The van der Waals surface area contributed by atoms with Gasteiger partial charge >= 0.3 is 5.69 Å². The number of hydrogen-bond acceptors (Lipinski definition) is 5. The van der Waals surface area contributed by atoms with Crippen LogP contribution in [0.5, 0.6) is 0 Å². The SMILES string of the molecule is CC(C)Cn1c(=O)[nH]c(=O)c2c(C(=O)Nc3ccc(Cn4ccccc4=O)cc3)cc(C(C)C)nc21. The van der Waals surface area contributed by atoms with Gasteiger partial charge in [0.05, 0.1) is 17.5 Å². The van der Waals surface area contributed by atoms with Crippen molar-refractivity contribution in [1.29, 1.82) is 0 Å². The van der Waals surface area contributed by atoms with Crippen LogP contribution in [0.2, 0.25) is 0 Å². The van der Waals surface area contributed by atoms with Crippen molar-refractivity contribution in [2.45, 2.75) is 46.7 Å². The van der Waals surface area contributed by atoms with E-state index in [0.717, 1.165) is 5.56 Å². The summed E-state index contributed by atoms with van der Waals surface area (Å²) in [7, 11) is 0. The zero-order valence-electron chi connectivity index (χ0n) is 20.7. The maximum atomic E-state index is 13.4. The van der Waals surface area contributed by atoms with Crippen LogP contribution in [0.4, 0.5) is 5.69 Å². The van der Waals surface area contributed by atoms with Crippen molar-refractivity contribution >= 4 is 22.6 Å². The van der Waals surface area contributed by atoms with Crippen LogP contribution in [0.1, 0.15) is 55.2 Å². The van der Waals surface area contributed by atoms with Crippen LogP contribution in [0.15, 0.2) is 69.1 Å². The van der Waals surface area contributed by atoms with Gasteiger partial charge < -0.3 is 9.88 Å². The normalized spacial score (nSPS) is 11.4. The fraction of sp³-hybridized carbons (Fsp3) is 0.296. The number of nitrogens with zero attached hydrogens (tertiary/aromatic N) is 3. The van der Waals surface area contributed by atoms with Crippen LogP contribution >= 0.6 is 0 Å². The molecule has 0 unspecified atom stereocenters. The van der Waals surface area contributed by atoms with E-state index in [9.17, 15) is 19.2 Å². The number of benzene rings is 1. The molecule has 0 atom stereocenters. The molecule has 186 valence electrons. The minimum atomic E-state index is -0.647. The molecule has 4 rings (SSSR count). The molecule has 9 nitrogen and oxygen atoms in total. The maximum absolute atomic E-state index is 13.4. The van der Waals surface area contributed by atoms with Crippen molar-refractivity contribution < 1.29 is 4.79 Å². The minimum absolute atomic E-state index is 0.0245. The molecular formula is C27H29N5O4. The largest absolute Gasteiger partial charge is 0.330 e. The summed E-state index contributed by atoms with van der Waals surface area (Å²) in [6, 6.07) is 13.7. The second-order valence-corrected chi connectivity index (χ2v) is 9.53. The molecule has 0 spiro atoms. The lowest BCUT2D eigenvalue weighted by Gasteiger charge is -2.16. The Morgan fingerprint density at radius 2 is 1.75 bits per heavy atom. The fourth-order valence-corrected chi connectivity index (χ4v) is 3.98. The summed E-state index contributed by atoms with van der Waals surface area (Å²) < 4.78 is 3.01. The lowest BCUT2D eigenvalue weighted by molar-refractivity contribution is 0.102. The lowest BCUT2D eigenvalue weighted by atomic mass is 10.0. The van der Waals surface area contributed by atoms with Gasteiger partial charge in [-0.15, -0.1) is 0 Å². The van der Waals surface area contributed by atoms with Crippen LogP contribution in [0.3, 0.4) is 0 Å². The summed E-state index contributed by atoms with van der Waals surface area (Å²) in [6.07, 6.45) is 1.72. The van der Waals surface area contributed by atoms with Crippen molar-refractivity contribution in [3.63, 3.8) is 0 Å². The molecule has 36 heavy (non-hydrogen) atoms. The van der Waals surface area contributed by atoms with Crippen molar-refractivity contribution in [2.75, 3.05) is 5.32 Å². The number of hydrogen-bond donors (Lipinski definition) is 2. The van der Waals surface area contributed by atoms with Gasteiger partial charge in [0.25, 0.3) is 17.0 Å².